The predicted octanol–water partition coefficient (Wildman–Crippen LogP) is -1.38. The standard InChI is InChI=1S/2C26H40NP2.C6H4F2.2C6H5F.8FH.2Ta/c2*1-17(2)28(18(3)4)25-15-21(9)11-13-23(25)27-24-14-12-22(10)16-26(24)29(19(5)6)20(7)8;7-5-1-2-6(8)4-3-5;2*7-6-4-2-1-3-5-6;;;;;;;;;;/h2*11-20H,1-10H3;1-4H;2*1-5H;8*1H;;/q2*-1;;;;;;;;;;;;2*+5/p-8. The zero-order chi connectivity index (χ0) is 60.0. The average molecular weight is 1680 g/mol. The van der Waals surface area contributed by atoms with Gasteiger partial charge in [0.25, 0.3) is 0 Å². The van der Waals surface area contributed by atoms with E-state index in [0.717, 1.165) is 24.3 Å². The van der Waals surface area contributed by atoms with E-state index in [1.165, 1.54) is 90.5 Å². The van der Waals surface area contributed by atoms with E-state index in [4.69, 9.17) is 10.6 Å². The van der Waals surface area contributed by atoms with Gasteiger partial charge >= 0.3 is 44.8 Å². The van der Waals surface area contributed by atoms with Crippen molar-refractivity contribution in [1.29, 1.82) is 0 Å². The van der Waals surface area contributed by atoms with Crippen molar-refractivity contribution in [2.75, 3.05) is 0 Å². The Labute approximate surface area is 569 Å². The second kappa shape index (κ2) is 51.9. The Kier molecular flexibility index (Phi) is 59.1. The maximum Gasteiger partial charge on any atom is 5.00 e. The van der Waals surface area contributed by atoms with Crippen LogP contribution >= 0.6 is 31.7 Å². The molecule has 0 saturated carbocycles. The number of halogens is 12. The average Bonchev–Trinajstić information content (AvgIpc) is 3.36. The molecule has 2 nitrogen and oxygen atoms in total. The fourth-order valence-electron chi connectivity index (χ4n) is 9.87. The van der Waals surface area contributed by atoms with Crippen LogP contribution in [-0.2, 0) is 44.8 Å². The Morgan fingerprint density at radius 1 is 0.244 bits per heavy atom. The van der Waals surface area contributed by atoms with Gasteiger partial charge in [0.05, 0.1) is 0 Å². The number of aryl methyl sites for hydroxylation is 4. The topological polar surface area (TPSA) is 28.2 Å². The molecule has 0 fully saturated rings. The molecular weight excluding hydrogens is 1580 g/mol. The van der Waals surface area contributed by atoms with Crippen LogP contribution < -0.4 is 58.9 Å². The molecule has 0 aliphatic carbocycles. The molecule has 0 bridgehead atoms. The smallest absolute Gasteiger partial charge is 1.00 e. The predicted molar refractivity (Wildman–Crippen MR) is 357 cm³/mol. The molecule has 0 spiro atoms. The van der Waals surface area contributed by atoms with E-state index >= 15 is 0 Å². The molecule has 0 heterocycles. The van der Waals surface area contributed by atoms with Crippen LogP contribution in [0.2, 0.25) is 0 Å². The van der Waals surface area contributed by atoms with Crippen molar-refractivity contribution in [3.8, 4) is 0 Å². The summed E-state index contributed by atoms with van der Waals surface area (Å²) in [6.07, 6.45) is 0. The third-order valence-electron chi connectivity index (χ3n) is 12.8. The quantitative estimate of drug-likeness (QED) is 0.0846. The zero-order valence-electron chi connectivity index (χ0n) is 55.7. The van der Waals surface area contributed by atoms with Crippen LogP contribution in [0.3, 0.4) is 0 Å². The first-order valence-corrected chi connectivity index (χ1v) is 34.4. The van der Waals surface area contributed by atoms with Gasteiger partial charge in [0.1, 0.15) is 23.3 Å². The van der Waals surface area contributed by atoms with E-state index in [1.54, 1.807) is 36.4 Å². The Balaban J connectivity index is -0.000000171. The summed E-state index contributed by atoms with van der Waals surface area (Å²) >= 11 is 0. The Morgan fingerprint density at radius 3 is 0.533 bits per heavy atom. The Morgan fingerprint density at radius 2 is 0.400 bits per heavy atom. The molecule has 0 saturated heterocycles. The molecule has 0 radical (unpaired) electrons. The molecule has 0 amide bonds. The van der Waals surface area contributed by atoms with Crippen LogP contribution in [0.15, 0.2) is 158 Å². The molecule has 90 heavy (non-hydrogen) atoms. The van der Waals surface area contributed by atoms with Crippen LogP contribution in [0.25, 0.3) is 10.6 Å². The van der Waals surface area contributed by atoms with Gasteiger partial charge in [-0.2, -0.15) is 0 Å². The van der Waals surface area contributed by atoms with Crippen LogP contribution in [-0.4, -0.2) is 45.3 Å². The van der Waals surface area contributed by atoms with Crippen molar-refractivity contribution in [3.05, 3.63) is 214 Å². The summed E-state index contributed by atoms with van der Waals surface area (Å²) in [5, 5.41) is 16.5. The molecule has 0 aromatic heterocycles. The van der Waals surface area contributed by atoms with Gasteiger partial charge in [0.15, 0.2) is 0 Å². The molecule has 0 atom stereocenters. The number of hydrogen-bond acceptors (Lipinski definition) is 0. The van der Waals surface area contributed by atoms with Gasteiger partial charge < -0.3 is 48.3 Å². The minimum Gasteiger partial charge on any atom is -1.00 e. The van der Waals surface area contributed by atoms with Crippen LogP contribution in [0.5, 0.6) is 0 Å². The first-order chi connectivity index (χ1) is 37.6. The monoisotopic (exact) mass is 1680 g/mol. The molecule has 7 aromatic carbocycles. The summed E-state index contributed by atoms with van der Waals surface area (Å²) < 4.78 is 47.7. The fraction of sp³-hybridized carbons (Fsp3) is 0.400. The van der Waals surface area contributed by atoms with E-state index in [1.807, 2.05) is 0 Å². The summed E-state index contributed by atoms with van der Waals surface area (Å²) in [5.74, 6) is -1.18. The maximum atomic E-state index is 11.9. The van der Waals surface area contributed by atoms with Crippen molar-refractivity contribution in [3.63, 3.8) is 0 Å². The van der Waals surface area contributed by atoms with Gasteiger partial charge in [0.2, 0.25) is 0 Å². The normalized spacial score (nSPS) is 10.1. The first-order valence-electron chi connectivity index (χ1n) is 28.4. The summed E-state index contributed by atoms with van der Waals surface area (Å²) in [5.41, 5.74) is 15.3. The van der Waals surface area contributed by atoms with Crippen molar-refractivity contribution >= 4 is 75.7 Å². The Bertz CT molecular complexity index is 2550. The SMILES string of the molecule is Cc1ccc([N-]c2ccc(C)cc2P(C(C)C)C(C)C)c(P(C(C)C)C(C)C)c1.Cc1ccc([N-]c2ccc(C)cc2P(C(C)C)C(C)C)c(P(C(C)C)C(C)C)c1.Fc1ccc(F)cc1.Fc1ccccc1.Fc1ccccc1.[F-].[F-].[F-].[F-].[F-].[F-].[F-].[F-].[Ta+5].[Ta+5]. The summed E-state index contributed by atoms with van der Waals surface area (Å²) in [7, 11) is -1.01. The van der Waals surface area contributed by atoms with Crippen molar-refractivity contribution in [2.24, 2.45) is 0 Å². The molecule has 498 valence electrons. The number of benzene rings is 7. The van der Waals surface area contributed by atoms with Crippen LogP contribution in [0.4, 0.5) is 40.3 Å². The van der Waals surface area contributed by atoms with E-state index in [9.17, 15) is 17.6 Å². The van der Waals surface area contributed by atoms with Crippen molar-refractivity contribution in [1.82, 2.24) is 0 Å². The first kappa shape index (κ1) is 103. The summed E-state index contributed by atoms with van der Waals surface area (Å²) in [4.78, 5) is 0. The summed E-state index contributed by atoms with van der Waals surface area (Å²) in [6, 6.07) is 47.7. The third-order valence-corrected chi connectivity index (χ3v) is 25.4. The largest absolute Gasteiger partial charge is 5.00 e. The van der Waals surface area contributed by atoms with Gasteiger partial charge in [-0.15, -0.1) is 22.7 Å². The zero-order valence-corrected chi connectivity index (χ0v) is 65.7. The Hall–Kier alpha value is -3.50. The molecule has 0 aliphatic rings. The molecule has 0 aliphatic heterocycles. The number of nitrogens with zero attached hydrogens (tertiary/aromatic N) is 2. The molecule has 0 unspecified atom stereocenters. The van der Waals surface area contributed by atoms with Crippen molar-refractivity contribution in [2.45, 2.75) is 184 Å². The second-order valence-electron chi connectivity index (χ2n) is 22.6. The minimum absolute atomic E-state index is 0. The van der Waals surface area contributed by atoms with Gasteiger partial charge in [0, 0.05) is 0 Å². The fourth-order valence-corrected chi connectivity index (χ4v) is 22.1. The molecular formula is C70H94F12N2P4Ta2. The van der Waals surface area contributed by atoms with E-state index in [0.29, 0.717) is 45.3 Å². The van der Waals surface area contributed by atoms with Crippen molar-refractivity contribution < 1.29 is 100.0 Å². The van der Waals surface area contributed by atoms with Gasteiger partial charge in [-0.25, -0.2) is 17.6 Å². The number of hydrogen-bond donors (Lipinski definition) is 0. The molecule has 20 heteroatoms. The maximum absolute atomic E-state index is 11.9. The molecule has 0 N–H and O–H groups in total. The minimum atomic E-state index is -0.411. The van der Waals surface area contributed by atoms with Gasteiger partial charge in [-0.1, -0.05) is 274 Å². The molecule has 7 aromatic rings. The van der Waals surface area contributed by atoms with E-state index in [-0.39, 0.29) is 126 Å². The third kappa shape index (κ3) is 34.6. The number of rotatable bonds is 16. The second-order valence-corrected chi connectivity index (χ2v) is 36.0. The summed E-state index contributed by atoms with van der Waals surface area (Å²) in [6.45, 7) is 46.7. The van der Waals surface area contributed by atoms with E-state index < -0.39 is 11.6 Å². The van der Waals surface area contributed by atoms with Crippen LogP contribution in [0.1, 0.15) is 133 Å². The van der Waals surface area contributed by atoms with Gasteiger partial charge in [-0.3, -0.25) is 0 Å². The van der Waals surface area contributed by atoms with Crippen LogP contribution in [0, 0.1) is 51.0 Å². The van der Waals surface area contributed by atoms with E-state index in [2.05, 4.69) is 211 Å². The molecule has 7 rings (SSSR count). The van der Waals surface area contributed by atoms with Gasteiger partial charge in [-0.05, 0) is 143 Å².